The van der Waals surface area contributed by atoms with E-state index in [1.54, 1.807) is 6.92 Å². The standard InChI is InChI=1S/C19H21N5O2/c1-4-15-16(13(3)26-22-15)19(25)23-10-11-24-18(12(23)2)20-17(21-24)14-8-6-5-7-9-14/h5-9,12H,4,10-11H2,1-3H3/t12-/m0/s1. The molecule has 1 aromatic carbocycles. The van der Waals surface area contributed by atoms with Crippen molar-refractivity contribution in [3.05, 3.63) is 53.2 Å². The molecule has 4 rings (SSSR count). The molecule has 2 aromatic heterocycles. The summed E-state index contributed by atoms with van der Waals surface area (Å²) in [4.78, 5) is 19.7. The first kappa shape index (κ1) is 16.5. The van der Waals surface area contributed by atoms with Crippen LogP contribution in [-0.4, -0.2) is 37.3 Å². The highest BCUT2D eigenvalue weighted by molar-refractivity contribution is 5.96. The molecule has 0 aliphatic carbocycles. The average Bonchev–Trinajstić information content (AvgIpc) is 3.26. The molecule has 1 aliphatic rings. The Balaban J connectivity index is 1.66. The maximum atomic E-state index is 13.1. The van der Waals surface area contributed by atoms with E-state index in [0.29, 0.717) is 42.4 Å². The Labute approximate surface area is 151 Å². The van der Waals surface area contributed by atoms with E-state index >= 15 is 0 Å². The first-order valence-electron chi connectivity index (χ1n) is 8.86. The van der Waals surface area contributed by atoms with Crippen molar-refractivity contribution in [3.8, 4) is 11.4 Å². The Hall–Kier alpha value is -2.96. The molecule has 0 N–H and O–H groups in total. The number of hydrogen-bond acceptors (Lipinski definition) is 5. The molecule has 1 aliphatic heterocycles. The number of carbonyl (C=O) groups is 1. The van der Waals surface area contributed by atoms with Gasteiger partial charge in [-0.3, -0.25) is 4.79 Å². The minimum atomic E-state index is -0.166. The first-order valence-corrected chi connectivity index (χ1v) is 8.86. The van der Waals surface area contributed by atoms with Crippen molar-refractivity contribution >= 4 is 5.91 Å². The fraction of sp³-hybridized carbons (Fsp3) is 0.368. The molecule has 3 heterocycles. The zero-order chi connectivity index (χ0) is 18.3. The van der Waals surface area contributed by atoms with Crippen LogP contribution in [0.15, 0.2) is 34.9 Å². The summed E-state index contributed by atoms with van der Waals surface area (Å²) >= 11 is 0. The number of aromatic nitrogens is 4. The second-order valence-corrected chi connectivity index (χ2v) is 6.47. The van der Waals surface area contributed by atoms with E-state index in [4.69, 9.17) is 9.51 Å². The van der Waals surface area contributed by atoms with Gasteiger partial charge in [-0.05, 0) is 20.3 Å². The van der Waals surface area contributed by atoms with Crippen molar-refractivity contribution < 1.29 is 9.32 Å². The number of fused-ring (bicyclic) bond motifs is 1. The quantitative estimate of drug-likeness (QED) is 0.725. The smallest absolute Gasteiger partial charge is 0.260 e. The lowest BCUT2D eigenvalue weighted by molar-refractivity contribution is 0.0628. The van der Waals surface area contributed by atoms with Crippen LogP contribution in [0.5, 0.6) is 0 Å². The Bertz CT molecular complexity index is 944. The molecule has 0 bridgehead atoms. The average molecular weight is 351 g/mol. The van der Waals surface area contributed by atoms with Crippen LogP contribution in [0.2, 0.25) is 0 Å². The van der Waals surface area contributed by atoms with E-state index in [2.05, 4.69) is 10.3 Å². The third-order valence-corrected chi connectivity index (χ3v) is 4.87. The van der Waals surface area contributed by atoms with E-state index in [9.17, 15) is 4.79 Å². The molecule has 26 heavy (non-hydrogen) atoms. The van der Waals surface area contributed by atoms with Crippen LogP contribution in [-0.2, 0) is 13.0 Å². The van der Waals surface area contributed by atoms with Gasteiger partial charge in [0.05, 0.1) is 18.3 Å². The lowest BCUT2D eigenvalue weighted by atomic mass is 10.1. The second kappa shape index (κ2) is 6.40. The van der Waals surface area contributed by atoms with Crippen LogP contribution in [0, 0.1) is 6.92 Å². The SMILES string of the molecule is CCc1noc(C)c1C(=O)N1CCn2nc(-c3ccccc3)nc2[C@@H]1C. The monoisotopic (exact) mass is 351 g/mol. The zero-order valence-corrected chi connectivity index (χ0v) is 15.1. The second-order valence-electron chi connectivity index (χ2n) is 6.47. The van der Waals surface area contributed by atoms with Crippen molar-refractivity contribution in [2.75, 3.05) is 6.54 Å². The molecular formula is C19H21N5O2. The van der Waals surface area contributed by atoms with Gasteiger partial charge < -0.3 is 9.42 Å². The number of aryl methyl sites for hydroxylation is 2. The summed E-state index contributed by atoms with van der Waals surface area (Å²) < 4.78 is 7.14. The number of benzene rings is 1. The van der Waals surface area contributed by atoms with E-state index in [-0.39, 0.29) is 11.9 Å². The summed E-state index contributed by atoms with van der Waals surface area (Å²) in [6, 6.07) is 9.71. The van der Waals surface area contributed by atoms with Crippen LogP contribution in [0.3, 0.4) is 0 Å². The predicted molar refractivity (Wildman–Crippen MR) is 95.5 cm³/mol. The number of carbonyl (C=O) groups excluding carboxylic acids is 1. The highest BCUT2D eigenvalue weighted by Crippen LogP contribution is 2.29. The van der Waals surface area contributed by atoms with Crippen molar-refractivity contribution in [2.45, 2.75) is 39.8 Å². The number of hydrogen-bond donors (Lipinski definition) is 0. The molecule has 7 nitrogen and oxygen atoms in total. The lowest BCUT2D eigenvalue weighted by Crippen LogP contribution is -2.41. The summed E-state index contributed by atoms with van der Waals surface area (Å²) in [5.74, 6) is 2.01. The largest absolute Gasteiger partial charge is 0.361 e. The molecule has 1 atom stereocenters. The Kier molecular flexibility index (Phi) is 4.06. The highest BCUT2D eigenvalue weighted by atomic mass is 16.5. The fourth-order valence-corrected chi connectivity index (χ4v) is 3.43. The van der Waals surface area contributed by atoms with E-state index in [1.807, 2.05) is 53.8 Å². The molecule has 3 aromatic rings. The van der Waals surface area contributed by atoms with Gasteiger partial charge in [-0.1, -0.05) is 42.4 Å². The lowest BCUT2D eigenvalue weighted by Gasteiger charge is -2.32. The first-order chi connectivity index (χ1) is 12.6. The zero-order valence-electron chi connectivity index (χ0n) is 15.1. The number of nitrogens with zero attached hydrogens (tertiary/aromatic N) is 5. The maximum absolute atomic E-state index is 13.1. The minimum Gasteiger partial charge on any atom is -0.361 e. The minimum absolute atomic E-state index is 0.0522. The van der Waals surface area contributed by atoms with Gasteiger partial charge in [0.1, 0.15) is 17.1 Å². The molecule has 0 unspecified atom stereocenters. The van der Waals surface area contributed by atoms with Gasteiger partial charge in [-0.25, -0.2) is 9.67 Å². The third-order valence-electron chi connectivity index (χ3n) is 4.87. The van der Waals surface area contributed by atoms with Crippen LogP contribution < -0.4 is 0 Å². The Morgan fingerprint density at radius 1 is 1.27 bits per heavy atom. The van der Waals surface area contributed by atoms with Gasteiger partial charge in [0, 0.05) is 12.1 Å². The number of amides is 1. The van der Waals surface area contributed by atoms with Gasteiger partial charge >= 0.3 is 0 Å². The Morgan fingerprint density at radius 3 is 2.77 bits per heavy atom. The molecular weight excluding hydrogens is 330 g/mol. The van der Waals surface area contributed by atoms with E-state index < -0.39 is 0 Å². The van der Waals surface area contributed by atoms with Gasteiger partial charge in [-0.2, -0.15) is 5.10 Å². The van der Waals surface area contributed by atoms with Gasteiger partial charge in [-0.15, -0.1) is 0 Å². The summed E-state index contributed by atoms with van der Waals surface area (Å²) in [6.45, 7) is 6.94. The van der Waals surface area contributed by atoms with Crippen LogP contribution >= 0.6 is 0 Å². The molecule has 0 saturated carbocycles. The molecule has 7 heteroatoms. The normalized spacial score (nSPS) is 16.6. The van der Waals surface area contributed by atoms with Gasteiger partial charge in [0.25, 0.3) is 5.91 Å². The van der Waals surface area contributed by atoms with Crippen molar-refractivity contribution in [1.82, 2.24) is 24.8 Å². The molecule has 0 radical (unpaired) electrons. The number of rotatable bonds is 3. The molecule has 0 spiro atoms. The maximum Gasteiger partial charge on any atom is 0.260 e. The van der Waals surface area contributed by atoms with Crippen LogP contribution in [0.25, 0.3) is 11.4 Å². The summed E-state index contributed by atoms with van der Waals surface area (Å²) in [6.07, 6.45) is 0.662. The van der Waals surface area contributed by atoms with E-state index in [1.165, 1.54) is 0 Å². The van der Waals surface area contributed by atoms with Crippen molar-refractivity contribution in [3.63, 3.8) is 0 Å². The van der Waals surface area contributed by atoms with Crippen LogP contribution in [0.4, 0.5) is 0 Å². The van der Waals surface area contributed by atoms with Gasteiger partial charge in [0.2, 0.25) is 0 Å². The molecule has 1 amide bonds. The molecule has 0 fully saturated rings. The summed E-state index contributed by atoms with van der Waals surface area (Å²) in [7, 11) is 0. The topological polar surface area (TPSA) is 77.0 Å². The van der Waals surface area contributed by atoms with Crippen LogP contribution in [0.1, 0.15) is 47.5 Å². The molecule has 0 saturated heterocycles. The molecule has 134 valence electrons. The predicted octanol–water partition coefficient (Wildman–Crippen LogP) is 3.02. The van der Waals surface area contributed by atoms with Crippen molar-refractivity contribution in [2.24, 2.45) is 0 Å². The fourth-order valence-electron chi connectivity index (χ4n) is 3.43. The third kappa shape index (κ3) is 2.60. The summed E-state index contributed by atoms with van der Waals surface area (Å²) in [5.41, 5.74) is 2.26. The van der Waals surface area contributed by atoms with Gasteiger partial charge in [0.15, 0.2) is 5.82 Å². The summed E-state index contributed by atoms with van der Waals surface area (Å²) in [5, 5.41) is 8.62. The highest BCUT2D eigenvalue weighted by Gasteiger charge is 2.34. The Morgan fingerprint density at radius 2 is 2.04 bits per heavy atom. The van der Waals surface area contributed by atoms with E-state index in [0.717, 1.165) is 11.4 Å². The van der Waals surface area contributed by atoms with Crippen molar-refractivity contribution in [1.29, 1.82) is 0 Å².